The van der Waals surface area contributed by atoms with Crippen LogP contribution in [0.1, 0.15) is 24.5 Å². The van der Waals surface area contributed by atoms with Gasteiger partial charge in [0.2, 0.25) is 5.88 Å². The van der Waals surface area contributed by atoms with E-state index >= 15 is 0 Å². The zero-order chi connectivity index (χ0) is 10.7. The van der Waals surface area contributed by atoms with Crippen molar-refractivity contribution >= 4 is 15.9 Å². The molecule has 0 amide bonds. The molecule has 1 aromatic rings. The summed E-state index contributed by atoms with van der Waals surface area (Å²) in [5.41, 5.74) is 1.04. The lowest BCUT2D eigenvalue weighted by Crippen LogP contribution is -2.29. The van der Waals surface area contributed by atoms with Gasteiger partial charge >= 0.3 is 0 Å². The van der Waals surface area contributed by atoms with Crippen LogP contribution in [-0.2, 0) is 0 Å². The summed E-state index contributed by atoms with van der Waals surface area (Å²) in [5, 5.41) is 11.6. The van der Waals surface area contributed by atoms with Gasteiger partial charge in [0.1, 0.15) is 0 Å². The Morgan fingerprint density at radius 1 is 1.53 bits per heavy atom. The summed E-state index contributed by atoms with van der Waals surface area (Å²) in [4.78, 5) is 0. The average Bonchev–Trinajstić information content (AvgIpc) is 2.30. The molecule has 1 atom stereocenters. The molecule has 2 rings (SSSR count). The van der Waals surface area contributed by atoms with Crippen molar-refractivity contribution in [2.24, 2.45) is 0 Å². The minimum Gasteiger partial charge on any atom is -0.479 e. The summed E-state index contributed by atoms with van der Waals surface area (Å²) >= 11 is 3.43. The van der Waals surface area contributed by atoms with Crippen LogP contribution >= 0.6 is 15.9 Å². The third kappa shape index (κ3) is 2.46. The molecule has 0 saturated carbocycles. The largest absolute Gasteiger partial charge is 0.479 e. The van der Waals surface area contributed by atoms with Gasteiger partial charge < -0.3 is 10.1 Å². The van der Waals surface area contributed by atoms with Crippen molar-refractivity contribution in [1.82, 2.24) is 15.5 Å². The van der Waals surface area contributed by atoms with Gasteiger partial charge in [-0.1, -0.05) is 0 Å². The molecule has 1 aliphatic heterocycles. The maximum Gasteiger partial charge on any atom is 0.247 e. The zero-order valence-electron chi connectivity index (χ0n) is 8.66. The minimum atomic E-state index is 0.480. The molecule has 1 aliphatic rings. The molecule has 0 bridgehead atoms. The van der Waals surface area contributed by atoms with Gasteiger partial charge in [0.25, 0.3) is 0 Å². The normalized spacial score (nSPS) is 21.3. The molecule has 1 fully saturated rings. The van der Waals surface area contributed by atoms with E-state index in [-0.39, 0.29) is 0 Å². The van der Waals surface area contributed by atoms with Gasteiger partial charge in [0.05, 0.1) is 17.3 Å². The van der Waals surface area contributed by atoms with Crippen LogP contribution in [0.2, 0.25) is 0 Å². The van der Waals surface area contributed by atoms with E-state index in [2.05, 4.69) is 31.4 Å². The van der Waals surface area contributed by atoms with Crippen molar-refractivity contribution in [3.8, 4) is 5.88 Å². The average molecular weight is 272 g/mol. The second-order valence-electron chi connectivity index (χ2n) is 3.67. The lowest BCUT2D eigenvalue weighted by Gasteiger charge is -2.21. The third-order valence-electron chi connectivity index (χ3n) is 2.64. The number of hydrogen-bond acceptors (Lipinski definition) is 4. The zero-order valence-corrected chi connectivity index (χ0v) is 10.2. The van der Waals surface area contributed by atoms with Crippen molar-refractivity contribution in [2.75, 3.05) is 20.2 Å². The Morgan fingerprint density at radius 2 is 2.40 bits per heavy atom. The van der Waals surface area contributed by atoms with E-state index in [1.165, 1.54) is 12.8 Å². The molecule has 1 aromatic heterocycles. The summed E-state index contributed by atoms with van der Waals surface area (Å²) in [7, 11) is 1.59. The first-order valence-electron chi connectivity index (χ1n) is 5.09. The molecule has 4 nitrogen and oxygen atoms in total. The van der Waals surface area contributed by atoms with Crippen LogP contribution in [0, 0.1) is 0 Å². The standard InChI is InChI=1S/C10H14BrN3O/c1-15-10-8(11)5-9(13-14-10)7-3-2-4-12-6-7/h5,7,12H,2-4,6H2,1H3. The number of ether oxygens (including phenoxy) is 1. The molecule has 0 spiro atoms. The Kier molecular flexibility index (Phi) is 3.53. The summed E-state index contributed by atoms with van der Waals surface area (Å²) in [6, 6.07) is 2.00. The topological polar surface area (TPSA) is 47.0 Å². The van der Waals surface area contributed by atoms with Gasteiger partial charge in [0.15, 0.2) is 0 Å². The van der Waals surface area contributed by atoms with Crippen LogP contribution in [0.25, 0.3) is 0 Å². The molecular weight excluding hydrogens is 258 g/mol. The molecule has 1 unspecified atom stereocenters. The van der Waals surface area contributed by atoms with Crippen molar-refractivity contribution in [2.45, 2.75) is 18.8 Å². The number of piperidine rings is 1. The SMILES string of the molecule is COc1nnc(C2CCCNC2)cc1Br. The fraction of sp³-hybridized carbons (Fsp3) is 0.600. The first-order chi connectivity index (χ1) is 7.31. The molecule has 0 radical (unpaired) electrons. The van der Waals surface area contributed by atoms with Crippen molar-refractivity contribution in [1.29, 1.82) is 0 Å². The highest BCUT2D eigenvalue weighted by molar-refractivity contribution is 9.10. The van der Waals surface area contributed by atoms with Gasteiger partial charge in [0, 0.05) is 12.5 Å². The highest BCUT2D eigenvalue weighted by Crippen LogP contribution is 2.27. The maximum atomic E-state index is 5.05. The number of aromatic nitrogens is 2. The molecule has 1 saturated heterocycles. The second-order valence-corrected chi connectivity index (χ2v) is 4.52. The summed E-state index contributed by atoms with van der Waals surface area (Å²) in [6.07, 6.45) is 2.39. The van der Waals surface area contributed by atoms with E-state index in [9.17, 15) is 0 Å². The monoisotopic (exact) mass is 271 g/mol. The fourth-order valence-corrected chi connectivity index (χ4v) is 2.29. The van der Waals surface area contributed by atoms with Gasteiger partial charge in [-0.3, -0.25) is 0 Å². The van der Waals surface area contributed by atoms with Crippen LogP contribution in [0.5, 0.6) is 5.88 Å². The number of hydrogen-bond donors (Lipinski definition) is 1. The quantitative estimate of drug-likeness (QED) is 0.890. The number of methoxy groups -OCH3 is 1. The van der Waals surface area contributed by atoms with Crippen LogP contribution < -0.4 is 10.1 Å². The van der Waals surface area contributed by atoms with Crippen molar-refractivity contribution in [3.63, 3.8) is 0 Å². The second kappa shape index (κ2) is 4.90. The van der Waals surface area contributed by atoms with Gasteiger partial charge in [-0.05, 0) is 41.4 Å². The van der Waals surface area contributed by atoms with Crippen molar-refractivity contribution < 1.29 is 4.74 Å². The third-order valence-corrected chi connectivity index (χ3v) is 3.21. The molecule has 82 valence electrons. The predicted molar refractivity (Wildman–Crippen MR) is 61.1 cm³/mol. The van der Waals surface area contributed by atoms with Gasteiger partial charge in [-0.25, -0.2) is 0 Å². The molecular formula is C10H14BrN3O. The predicted octanol–water partition coefficient (Wildman–Crippen LogP) is 1.71. The first kappa shape index (κ1) is 10.8. The van der Waals surface area contributed by atoms with Gasteiger partial charge in [-0.2, -0.15) is 5.10 Å². The Morgan fingerprint density at radius 3 is 3.00 bits per heavy atom. The van der Waals surface area contributed by atoms with E-state index in [4.69, 9.17) is 4.74 Å². The minimum absolute atomic E-state index is 0.480. The Bertz CT molecular complexity index is 339. The van der Waals surface area contributed by atoms with E-state index in [0.29, 0.717) is 11.8 Å². The lowest BCUT2D eigenvalue weighted by molar-refractivity contribution is 0.384. The molecule has 15 heavy (non-hydrogen) atoms. The highest BCUT2D eigenvalue weighted by Gasteiger charge is 2.18. The number of nitrogens with zero attached hydrogens (tertiary/aromatic N) is 2. The smallest absolute Gasteiger partial charge is 0.247 e. The van der Waals surface area contributed by atoms with E-state index in [1.54, 1.807) is 7.11 Å². The Balaban J connectivity index is 2.17. The first-order valence-corrected chi connectivity index (χ1v) is 5.88. The van der Waals surface area contributed by atoms with Crippen LogP contribution in [-0.4, -0.2) is 30.4 Å². The molecule has 0 aromatic carbocycles. The highest BCUT2D eigenvalue weighted by atomic mass is 79.9. The van der Waals surface area contributed by atoms with E-state index in [1.807, 2.05) is 6.07 Å². The van der Waals surface area contributed by atoms with Gasteiger partial charge in [-0.15, -0.1) is 5.10 Å². The summed E-state index contributed by atoms with van der Waals surface area (Å²) in [6.45, 7) is 2.11. The lowest BCUT2D eigenvalue weighted by atomic mass is 9.96. The molecule has 5 heteroatoms. The maximum absolute atomic E-state index is 5.05. The fourth-order valence-electron chi connectivity index (χ4n) is 1.81. The number of rotatable bonds is 2. The Labute approximate surface area is 97.6 Å². The van der Waals surface area contributed by atoms with E-state index < -0.39 is 0 Å². The summed E-state index contributed by atoms with van der Waals surface area (Å²) in [5.74, 6) is 1.02. The van der Waals surface area contributed by atoms with Crippen LogP contribution in [0.3, 0.4) is 0 Å². The van der Waals surface area contributed by atoms with Crippen molar-refractivity contribution in [3.05, 3.63) is 16.2 Å². The number of nitrogens with one attached hydrogen (secondary N) is 1. The van der Waals surface area contributed by atoms with Crippen LogP contribution in [0.15, 0.2) is 10.5 Å². The number of halogens is 1. The van der Waals surface area contributed by atoms with Crippen LogP contribution in [0.4, 0.5) is 0 Å². The molecule has 2 heterocycles. The summed E-state index contributed by atoms with van der Waals surface area (Å²) < 4.78 is 5.93. The van der Waals surface area contributed by atoms with E-state index in [0.717, 1.165) is 23.3 Å². The Hall–Kier alpha value is -0.680. The molecule has 1 N–H and O–H groups in total. The molecule has 0 aliphatic carbocycles.